The first-order chi connectivity index (χ1) is 12.5. The van der Waals surface area contributed by atoms with E-state index in [2.05, 4.69) is 20.5 Å². The number of H-pyrrole nitrogens is 1. The van der Waals surface area contributed by atoms with Gasteiger partial charge in [-0.05, 0) is 36.8 Å². The fourth-order valence-corrected chi connectivity index (χ4v) is 3.13. The van der Waals surface area contributed by atoms with E-state index >= 15 is 0 Å². The molecule has 0 saturated carbocycles. The zero-order valence-electron chi connectivity index (χ0n) is 14.0. The van der Waals surface area contributed by atoms with Crippen molar-refractivity contribution in [2.45, 2.75) is 13.3 Å². The van der Waals surface area contributed by atoms with Crippen LogP contribution >= 0.6 is 0 Å². The molecular formula is C18H16FN5O2. The first-order valence-electron chi connectivity index (χ1n) is 8.19. The largest absolute Gasteiger partial charge is 0.310 e. The van der Waals surface area contributed by atoms with Crippen molar-refractivity contribution in [2.24, 2.45) is 5.92 Å². The molecule has 3 heterocycles. The van der Waals surface area contributed by atoms with E-state index in [-0.39, 0.29) is 36.0 Å². The maximum absolute atomic E-state index is 14.2. The van der Waals surface area contributed by atoms with Crippen LogP contribution in [-0.2, 0) is 9.59 Å². The van der Waals surface area contributed by atoms with Gasteiger partial charge >= 0.3 is 0 Å². The molecule has 0 radical (unpaired) electrons. The standard InChI is InChI=1S/C18H16FN5O2/c1-10-5-6-20-14(7-10)21-18(26)11-8-15(25)24(9-11)17-16-12(19)3-2-4-13(16)22-23-17/h2-7,11H,8-9H2,1H3,(H,22,23)(H,20,21,26)/t11-/m1/s1. The molecule has 0 spiro atoms. The Labute approximate surface area is 148 Å². The van der Waals surface area contributed by atoms with Gasteiger partial charge in [0, 0.05) is 19.2 Å². The Morgan fingerprint density at radius 3 is 3.04 bits per heavy atom. The highest BCUT2D eigenvalue weighted by atomic mass is 19.1. The van der Waals surface area contributed by atoms with Crippen molar-refractivity contribution in [2.75, 3.05) is 16.8 Å². The van der Waals surface area contributed by atoms with Crippen LogP contribution in [0.2, 0.25) is 0 Å². The molecule has 1 aliphatic rings. The molecular weight excluding hydrogens is 337 g/mol. The molecule has 4 rings (SSSR count). The lowest BCUT2D eigenvalue weighted by Crippen LogP contribution is -2.28. The smallest absolute Gasteiger partial charge is 0.230 e. The summed E-state index contributed by atoms with van der Waals surface area (Å²) in [6.07, 6.45) is 1.65. The van der Waals surface area contributed by atoms with Gasteiger partial charge in [-0.2, -0.15) is 5.10 Å². The van der Waals surface area contributed by atoms with Crippen molar-refractivity contribution in [1.29, 1.82) is 0 Å². The van der Waals surface area contributed by atoms with Gasteiger partial charge in [0.15, 0.2) is 5.82 Å². The minimum absolute atomic E-state index is 0.0421. The normalized spacial score (nSPS) is 17.1. The highest BCUT2D eigenvalue weighted by molar-refractivity contribution is 6.06. The van der Waals surface area contributed by atoms with Crippen LogP contribution in [0.3, 0.4) is 0 Å². The van der Waals surface area contributed by atoms with E-state index in [1.165, 1.54) is 11.0 Å². The second-order valence-electron chi connectivity index (χ2n) is 6.32. The summed E-state index contributed by atoms with van der Waals surface area (Å²) in [5, 5.41) is 9.78. The number of aryl methyl sites for hydroxylation is 1. The number of rotatable bonds is 3. The van der Waals surface area contributed by atoms with Crippen LogP contribution in [0.4, 0.5) is 16.0 Å². The van der Waals surface area contributed by atoms with Gasteiger partial charge < -0.3 is 5.32 Å². The number of carbonyl (C=O) groups is 2. The van der Waals surface area contributed by atoms with Gasteiger partial charge in [-0.15, -0.1) is 0 Å². The summed E-state index contributed by atoms with van der Waals surface area (Å²) >= 11 is 0. The third kappa shape index (κ3) is 2.79. The topological polar surface area (TPSA) is 91.0 Å². The first kappa shape index (κ1) is 16.2. The Balaban J connectivity index is 1.56. The summed E-state index contributed by atoms with van der Waals surface area (Å²) in [7, 11) is 0. The third-order valence-electron chi connectivity index (χ3n) is 4.44. The zero-order valence-corrected chi connectivity index (χ0v) is 14.0. The van der Waals surface area contributed by atoms with Crippen LogP contribution in [-0.4, -0.2) is 33.5 Å². The Kier molecular flexibility index (Phi) is 3.87. The lowest BCUT2D eigenvalue weighted by molar-refractivity contribution is -0.122. The second kappa shape index (κ2) is 6.21. The highest BCUT2D eigenvalue weighted by Crippen LogP contribution is 2.31. The van der Waals surface area contributed by atoms with E-state index in [9.17, 15) is 14.0 Å². The number of halogens is 1. The van der Waals surface area contributed by atoms with Crippen molar-refractivity contribution >= 4 is 34.4 Å². The molecule has 1 aromatic carbocycles. The summed E-state index contributed by atoms with van der Waals surface area (Å²) in [6, 6.07) is 8.14. The summed E-state index contributed by atoms with van der Waals surface area (Å²) < 4.78 is 14.2. The van der Waals surface area contributed by atoms with Gasteiger partial charge in [0.05, 0.1) is 16.8 Å². The number of carbonyl (C=O) groups excluding carboxylic acids is 2. The maximum Gasteiger partial charge on any atom is 0.230 e. The molecule has 26 heavy (non-hydrogen) atoms. The summed E-state index contributed by atoms with van der Waals surface area (Å²) in [4.78, 5) is 30.3. The number of fused-ring (bicyclic) bond motifs is 1. The van der Waals surface area contributed by atoms with Crippen LogP contribution in [0.1, 0.15) is 12.0 Å². The summed E-state index contributed by atoms with van der Waals surface area (Å²) in [5.41, 5.74) is 1.47. The second-order valence-corrected chi connectivity index (χ2v) is 6.32. The van der Waals surface area contributed by atoms with Crippen LogP contribution in [0.5, 0.6) is 0 Å². The predicted molar refractivity (Wildman–Crippen MR) is 94.1 cm³/mol. The lowest BCUT2D eigenvalue weighted by atomic mass is 10.1. The fourth-order valence-electron chi connectivity index (χ4n) is 3.13. The molecule has 1 saturated heterocycles. The molecule has 0 bridgehead atoms. The van der Waals surface area contributed by atoms with Crippen LogP contribution < -0.4 is 10.2 Å². The number of aromatic amines is 1. The van der Waals surface area contributed by atoms with E-state index in [0.29, 0.717) is 11.3 Å². The van der Waals surface area contributed by atoms with Gasteiger partial charge in [-0.3, -0.25) is 19.6 Å². The summed E-state index contributed by atoms with van der Waals surface area (Å²) in [6.45, 7) is 2.04. The van der Waals surface area contributed by atoms with Gasteiger partial charge in [-0.25, -0.2) is 9.37 Å². The Bertz CT molecular complexity index is 1020. The number of pyridine rings is 1. The van der Waals surface area contributed by atoms with Crippen molar-refractivity contribution in [3.8, 4) is 0 Å². The van der Waals surface area contributed by atoms with Crippen molar-refractivity contribution in [1.82, 2.24) is 15.2 Å². The third-order valence-corrected chi connectivity index (χ3v) is 4.44. The highest BCUT2D eigenvalue weighted by Gasteiger charge is 2.37. The number of aromatic nitrogens is 3. The molecule has 3 aromatic rings. The van der Waals surface area contributed by atoms with E-state index in [4.69, 9.17) is 0 Å². The van der Waals surface area contributed by atoms with E-state index < -0.39 is 11.7 Å². The number of hydrogen-bond acceptors (Lipinski definition) is 4. The van der Waals surface area contributed by atoms with Crippen LogP contribution in [0, 0.1) is 18.7 Å². The van der Waals surface area contributed by atoms with Crippen molar-refractivity contribution in [3.63, 3.8) is 0 Å². The van der Waals surface area contributed by atoms with E-state index in [0.717, 1.165) is 5.56 Å². The van der Waals surface area contributed by atoms with E-state index in [1.54, 1.807) is 24.4 Å². The minimum atomic E-state index is -0.552. The van der Waals surface area contributed by atoms with Crippen molar-refractivity contribution < 1.29 is 14.0 Å². The zero-order chi connectivity index (χ0) is 18.3. The maximum atomic E-state index is 14.2. The fraction of sp³-hybridized carbons (Fsp3) is 0.222. The Hall–Kier alpha value is -3.29. The number of nitrogens with one attached hydrogen (secondary N) is 2. The van der Waals surface area contributed by atoms with E-state index in [1.807, 2.05) is 13.0 Å². The quantitative estimate of drug-likeness (QED) is 0.756. The van der Waals surface area contributed by atoms with Crippen molar-refractivity contribution in [3.05, 3.63) is 47.9 Å². The number of benzene rings is 1. The first-order valence-corrected chi connectivity index (χ1v) is 8.19. The molecule has 0 aliphatic carbocycles. The molecule has 1 atom stereocenters. The lowest BCUT2D eigenvalue weighted by Gasteiger charge is -2.14. The molecule has 1 fully saturated rings. The van der Waals surface area contributed by atoms with Crippen LogP contribution in [0.15, 0.2) is 36.5 Å². The molecule has 132 valence electrons. The summed E-state index contributed by atoms with van der Waals surface area (Å²) in [5.74, 6) is -0.915. The average Bonchev–Trinajstić information content (AvgIpc) is 3.19. The molecule has 1 aliphatic heterocycles. The minimum Gasteiger partial charge on any atom is -0.310 e. The molecule has 8 heteroatoms. The SMILES string of the molecule is Cc1ccnc(NC(=O)[C@@H]2CC(=O)N(c3n[nH]c4cccc(F)c34)C2)c1. The Morgan fingerprint density at radius 1 is 1.38 bits per heavy atom. The number of hydrogen-bond donors (Lipinski definition) is 2. The molecule has 0 unspecified atom stereocenters. The number of nitrogens with zero attached hydrogens (tertiary/aromatic N) is 3. The molecule has 2 aromatic heterocycles. The number of amides is 2. The number of anilines is 2. The van der Waals surface area contributed by atoms with Gasteiger partial charge in [0.2, 0.25) is 11.8 Å². The molecule has 2 amide bonds. The Morgan fingerprint density at radius 2 is 2.23 bits per heavy atom. The monoisotopic (exact) mass is 353 g/mol. The van der Waals surface area contributed by atoms with Gasteiger partial charge in [0.25, 0.3) is 0 Å². The van der Waals surface area contributed by atoms with Gasteiger partial charge in [-0.1, -0.05) is 6.07 Å². The van der Waals surface area contributed by atoms with Crippen LogP contribution in [0.25, 0.3) is 10.9 Å². The van der Waals surface area contributed by atoms with Gasteiger partial charge in [0.1, 0.15) is 11.6 Å². The molecule has 7 nitrogen and oxygen atoms in total. The molecule has 2 N–H and O–H groups in total. The average molecular weight is 353 g/mol. The predicted octanol–water partition coefficient (Wildman–Crippen LogP) is 2.40.